The summed E-state index contributed by atoms with van der Waals surface area (Å²) < 4.78 is 5.59. The van der Waals surface area contributed by atoms with Gasteiger partial charge in [-0.25, -0.2) is 0 Å². The van der Waals surface area contributed by atoms with Crippen molar-refractivity contribution in [2.75, 3.05) is 39.3 Å². The fourth-order valence-electron chi connectivity index (χ4n) is 4.40. The number of hydrogen-bond donors (Lipinski definition) is 1. The van der Waals surface area contributed by atoms with Crippen molar-refractivity contribution < 1.29 is 14.3 Å². The Balaban J connectivity index is 1.47. The molecule has 1 aliphatic carbocycles. The number of piperazine rings is 1. The molecule has 1 saturated carbocycles. The molecular formula is C23H33N3O3. The quantitative estimate of drug-likeness (QED) is 0.647. The monoisotopic (exact) mass is 399 g/mol. The van der Waals surface area contributed by atoms with Gasteiger partial charge in [-0.1, -0.05) is 49.2 Å². The molecule has 29 heavy (non-hydrogen) atoms. The second-order valence-electron chi connectivity index (χ2n) is 7.92. The Hall–Kier alpha value is -2.18. The van der Waals surface area contributed by atoms with Gasteiger partial charge in [0.15, 0.2) is 0 Å². The molecule has 1 heterocycles. The molecule has 1 aliphatic heterocycles. The van der Waals surface area contributed by atoms with Crippen molar-refractivity contribution in [2.24, 2.45) is 5.92 Å². The molecule has 0 bridgehead atoms. The fourth-order valence-corrected chi connectivity index (χ4v) is 4.40. The van der Waals surface area contributed by atoms with Crippen LogP contribution in [0.1, 0.15) is 31.2 Å². The van der Waals surface area contributed by atoms with Crippen LogP contribution in [-0.2, 0) is 20.9 Å². The van der Waals surface area contributed by atoms with Crippen LogP contribution in [0.2, 0.25) is 0 Å². The van der Waals surface area contributed by atoms with Gasteiger partial charge in [0.25, 0.3) is 0 Å². The molecule has 0 aromatic heterocycles. The van der Waals surface area contributed by atoms with Crippen molar-refractivity contribution in [1.29, 1.82) is 0 Å². The first kappa shape index (κ1) is 21.5. The molecule has 6 heteroatoms. The number of benzene rings is 1. The lowest BCUT2D eigenvalue weighted by molar-refractivity contribution is -0.139. The van der Waals surface area contributed by atoms with Crippen LogP contribution in [0.15, 0.2) is 43.0 Å². The van der Waals surface area contributed by atoms with Crippen LogP contribution in [0, 0.1) is 5.92 Å². The van der Waals surface area contributed by atoms with Gasteiger partial charge in [0, 0.05) is 32.7 Å². The van der Waals surface area contributed by atoms with Crippen molar-refractivity contribution in [3.8, 4) is 0 Å². The van der Waals surface area contributed by atoms with Crippen LogP contribution in [0.3, 0.4) is 0 Å². The average molecular weight is 400 g/mol. The largest absolute Gasteiger partial charge is 0.367 e. The van der Waals surface area contributed by atoms with Crippen LogP contribution in [0.25, 0.3) is 0 Å². The molecule has 0 unspecified atom stereocenters. The number of carbonyl (C=O) groups excluding carboxylic acids is 2. The molecule has 6 nitrogen and oxygen atoms in total. The Labute approximate surface area is 173 Å². The van der Waals surface area contributed by atoms with E-state index in [1.54, 1.807) is 6.08 Å². The zero-order valence-corrected chi connectivity index (χ0v) is 17.2. The summed E-state index contributed by atoms with van der Waals surface area (Å²) in [4.78, 5) is 29.4. The van der Waals surface area contributed by atoms with Gasteiger partial charge in [0.05, 0.1) is 12.6 Å². The Morgan fingerprint density at radius 3 is 2.48 bits per heavy atom. The van der Waals surface area contributed by atoms with E-state index in [1.807, 2.05) is 35.2 Å². The van der Waals surface area contributed by atoms with Crippen molar-refractivity contribution in [1.82, 2.24) is 15.1 Å². The summed E-state index contributed by atoms with van der Waals surface area (Å²) in [5, 5.41) is 2.98. The van der Waals surface area contributed by atoms with Crippen LogP contribution in [0.4, 0.5) is 0 Å². The molecule has 1 atom stereocenters. The molecule has 2 aliphatic rings. The van der Waals surface area contributed by atoms with Gasteiger partial charge < -0.3 is 15.0 Å². The molecule has 0 spiro atoms. The first-order chi connectivity index (χ1) is 14.2. The van der Waals surface area contributed by atoms with Gasteiger partial charge in [-0.3, -0.25) is 14.5 Å². The minimum atomic E-state index is -0.0935. The normalized spacial score (nSPS) is 19.1. The first-order valence-electron chi connectivity index (χ1n) is 10.7. The van der Waals surface area contributed by atoms with E-state index < -0.39 is 0 Å². The van der Waals surface area contributed by atoms with Gasteiger partial charge in [-0.2, -0.15) is 0 Å². The average Bonchev–Trinajstić information content (AvgIpc) is 3.28. The molecule has 1 aromatic rings. The smallest absolute Gasteiger partial charge is 0.248 e. The van der Waals surface area contributed by atoms with Gasteiger partial charge in [-0.15, -0.1) is 6.58 Å². The molecule has 1 aromatic carbocycles. The first-order valence-corrected chi connectivity index (χ1v) is 10.7. The number of nitrogens with one attached hydrogen (secondary N) is 1. The summed E-state index contributed by atoms with van der Waals surface area (Å²) in [5.74, 6) is 0.535. The lowest BCUT2D eigenvalue weighted by Gasteiger charge is -2.40. The molecule has 2 fully saturated rings. The van der Waals surface area contributed by atoms with Crippen LogP contribution in [0.5, 0.6) is 0 Å². The zero-order valence-electron chi connectivity index (χ0n) is 17.2. The SMILES string of the molecule is C=CCNC(=O)[C@@H](C1CCCC1)N1CCN(C(=O)COCc2ccccc2)CC1. The molecular weight excluding hydrogens is 366 g/mol. The number of ether oxygens (including phenoxy) is 1. The Morgan fingerprint density at radius 2 is 1.83 bits per heavy atom. The molecule has 1 saturated heterocycles. The Kier molecular flexibility index (Phi) is 8.25. The third kappa shape index (κ3) is 6.15. The van der Waals surface area contributed by atoms with Crippen molar-refractivity contribution in [2.45, 2.75) is 38.3 Å². The topological polar surface area (TPSA) is 61.9 Å². The second-order valence-corrected chi connectivity index (χ2v) is 7.92. The van der Waals surface area contributed by atoms with Gasteiger partial charge in [-0.05, 0) is 24.3 Å². The highest BCUT2D eigenvalue weighted by molar-refractivity contribution is 5.82. The third-order valence-corrected chi connectivity index (χ3v) is 5.93. The van der Waals surface area contributed by atoms with E-state index >= 15 is 0 Å². The number of carbonyl (C=O) groups is 2. The molecule has 1 N–H and O–H groups in total. The number of hydrogen-bond acceptors (Lipinski definition) is 4. The summed E-state index contributed by atoms with van der Waals surface area (Å²) in [5.41, 5.74) is 1.06. The third-order valence-electron chi connectivity index (χ3n) is 5.93. The summed E-state index contributed by atoms with van der Waals surface area (Å²) in [6, 6.07) is 9.78. The predicted octanol–water partition coefficient (Wildman–Crippen LogP) is 2.21. The molecule has 2 amide bonds. The van der Waals surface area contributed by atoms with Gasteiger partial charge in [0.2, 0.25) is 11.8 Å². The fraction of sp³-hybridized carbons (Fsp3) is 0.565. The van der Waals surface area contributed by atoms with Crippen LogP contribution < -0.4 is 5.32 Å². The van der Waals surface area contributed by atoms with Crippen molar-refractivity contribution in [3.63, 3.8) is 0 Å². The molecule has 0 radical (unpaired) electrons. The summed E-state index contributed by atoms with van der Waals surface area (Å²) in [6.07, 6.45) is 6.34. The minimum Gasteiger partial charge on any atom is -0.367 e. The van der Waals surface area contributed by atoms with E-state index in [-0.39, 0.29) is 24.5 Å². The van der Waals surface area contributed by atoms with Gasteiger partial charge >= 0.3 is 0 Å². The van der Waals surface area contributed by atoms with E-state index in [9.17, 15) is 9.59 Å². The van der Waals surface area contributed by atoms with Gasteiger partial charge in [0.1, 0.15) is 6.61 Å². The number of nitrogens with zero attached hydrogens (tertiary/aromatic N) is 2. The highest BCUT2D eigenvalue weighted by atomic mass is 16.5. The minimum absolute atomic E-state index is 0.0223. The summed E-state index contributed by atoms with van der Waals surface area (Å²) >= 11 is 0. The predicted molar refractivity (Wildman–Crippen MR) is 113 cm³/mol. The van der Waals surface area contributed by atoms with E-state index in [4.69, 9.17) is 4.74 Å². The molecule has 158 valence electrons. The summed E-state index contributed by atoms with van der Waals surface area (Å²) in [6.45, 7) is 7.48. The number of rotatable bonds is 9. The van der Waals surface area contributed by atoms with Crippen molar-refractivity contribution in [3.05, 3.63) is 48.6 Å². The van der Waals surface area contributed by atoms with E-state index in [0.29, 0.717) is 32.2 Å². The maximum Gasteiger partial charge on any atom is 0.248 e. The standard InChI is InChI=1S/C23H33N3O3/c1-2-12-24-23(28)22(20-10-6-7-11-20)26-15-13-25(14-16-26)21(27)18-29-17-19-8-4-3-5-9-19/h2-5,8-9,20,22H,1,6-7,10-18H2,(H,24,28)/t22-/m1/s1. The van der Waals surface area contributed by atoms with E-state index in [0.717, 1.165) is 31.5 Å². The maximum atomic E-state index is 12.8. The maximum absolute atomic E-state index is 12.8. The van der Waals surface area contributed by atoms with Crippen LogP contribution in [-0.4, -0.2) is 67.0 Å². The summed E-state index contributed by atoms with van der Waals surface area (Å²) in [7, 11) is 0. The lowest BCUT2D eigenvalue weighted by atomic mass is 9.95. The van der Waals surface area contributed by atoms with E-state index in [2.05, 4.69) is 16.8 Å². The lowest BCUT2D eigenvalue weighted by Crippen LogP contribution is -2.58. The highest BCUT2D eigenvalue weighted by Crippen LogP contribution is 2.31. The zero-order chi connectivity index (χ0) is 20.5. The Morgan fingerprint density at radius 1 is 1.14 bits per heavy atom. The Bertz CT molecular complexity index is 665. The second kappa shape index (κ2) is 11.1. The highest BCUT2D eigenvalue weighted by Gasteiger charge is 2.37. The van der Waals surface area contributed by atoms with Crippen LogP contribution >= 0.6 is 0 Å². The van der Waals surface area contributed by atoms with E-state index in [1.165, 1.54) is 12.8 Å². The van der Waals surface area contributed by atoms with Crippen molar-refractivity contribution >= 4 is 11.8 Å². The number of amides is 2. The molecule has 3 rings (SSSR count).